The number of fused-ring (bicyclic) bond motifs is 2. The fourth-order valence-electron chi connectivity index (χ4n) is 3.29. The molecule has 0 bridgehead atoms. The van der Waals surface area contributed by atoms with Crippen LogP contribution in [0.1, 0.15) is 24.0 Å². The number of nitrogens with zero attached hydrogens (tertiary/aromatic N) is 1. The lowest BCUT2D eigenvalue weighted by Gasteiger charge is -2.13. The molecule has 1 aliphatic heterocycles. The molecule has 0 aliphatic carbocycles. The summed E-state index contributed by atoms with van der Waals surface area (Å²) in [5, 5.41) is 3.75. The molecular formula is C22H17F3N2O2. The van der Waals surface area contributed by atoms with Crippen molar-refractivity contribution in [3.63, 3.8) is 0 Å². The molecule has 0 radical (unpaired) electrons. The number of aromatic nitrogens is 1. The number of hydrogen-bond donors (Lipinski definition) is 1. The van der Waals surface area contributed by atoms with E-state index in [1.807, 2.05) is 18.2 Å². The highest BCUT2D eigenvalue weighted by Crippen LogP contribution is 2.38. The van der Waals surface area contributed by atoms with Crippen molar-refractivity contribution in [3.05, 3.63) is 71.9 Å². The maximum atomic E-state index is 13.0. The molecule has 7 heteroatoms. The van der Waals surface area contributed by atoms with Crippen LogP contribution >= 0.6 is 0 Å². The topological polar surface area (TPSA) is 51.2 Å². The molecule has 2 heterocycles. The van der Waals surface area contributed by atoms with Gasteiger partial charge in [0.05, 0.1) is 17.7 Å². The highest BCUT2D eigenvalue weighted by Gasteiger charge is 2.32. The Balaban J connectivity index is 1.60. The normalized spacial score (nSPS) is 15.5. The van der Waals surface area contributed by atoms with Crippen LogP contribution in [0.3, 0.4) is 0 Å². The highest BCUT2D eigenvalue weighted by molar-refractivity contribution is 6.05. The van der Waals surface area contributed by atoms with Gasteiger partial charge >= 0.3 is 6.18 Å². The lowest BCUT2D eigenvalue weighted by Crippen LogP contribution is -2.09. The summed E-state index contributed by atoms with van der Waals surface area (Å²) < 4.78 is 44.4. The van der Waals surface area contributed by atoms with Crippen molar-refractivity contribution in [2.75, 3.05) is 11.9 Å². The SMILES string of the molecule is O=C(C=C1CCCOc2cc(C(F)(F)F)ccc21)Nc1ccc2cccnc2c1. The number of ether oxygens (including phenoxy) is 1. The van der Waals surface area contributed by atoms with E-state index in [-0.39, 0.29) is 11.7 Å². The van der Waals surface area contributed by atoms with Crippen molar-refractivity contribution in [2.45, 2.75) is 19.0 Å². The van der Waals surface area contributed by atoms with E-state index in [9.17, 15) is 18.0 Å². The van der Waals surface area contributed by atoms with E-state index in [1.165, 1.54) is 12.1 Å². The van der Waals surface area contributed by atoms with Gasteiger partial charge in [0.2, 0.25) is 5.91 Å². The van der Waals surface area contributed by atoms with Crippen LogP contribution in [0, 0.1) is 0 Å². The number of carbonyl (C=O) groups is 1. The molecule has 29 heavy (non-hydrogen) atoms. The summed E-state index contributed by atoms with van der Waals surface area (Å²) in [5.41, 5.74) is 1.72. The van der Waals surface area contributed by atoms with Crippen LogP contribution in [0.25, 0.3) is 16.5 Å². The number of amides is 1. The maximum absolute atomic E-state index is 13.0. The molecule has 1 aliphatic rings. The van der Waals surface area contributed by atoms with E-state index in [4.69, 9.17) is 4.74 Å². The van der Waals surface area contributed by atoms with Gasteiger partial charge in [0.15, 0.2) is 0 Å². The third-order valence-corrected chi connectivity index (χ3v) is 4.68. The van der Waals surface area contributed by atoms with Crippen LogP contribution in [0.5, 0.6) is 5.75 Å². The number of allylic oxidation sites excluding steroid dienone is 1. The van der Waals surface area contributed by atoms with Crippen LogP contribution in [-0.2, 0) is 11.0 Å². The molecule has 4 rings (SSSR count). The van der Waals surface area contributed by atoms with Gasteiger partial charge in [0, 0.05) is 28.9 Å². The van der Waals surface area contributed by atoms with Crippen molar-refractivity contribution in [1.29, 1.82) is 0 Å². The van der Waals surface area contributed by atoms with E-state index >= 15 is 0 Å². The second kappa shape index (κ2) is 7.58. The van der Waals surface area contributed by atoms with Gasteiger partial charge in [-0.3, -0.25) is 9.78 Å². The quantitative estimate of drug-likeness (QED) is 0.584. The minimum atomic E-state index is -4.45. The van der Waals surface area contributed by atoms with Crippen LogP contribution in [0.15, 0.2) is 60.8 Å². The Labute approximate surface area is 165 Å². The van der Waals surface area contributed by atoms with Gasteiger partial charge < -0.3 is 10.1 Å². The molecule has 0 saturated carbocycles. The van der Waals surface area contributed by atoms with Crippen LogP contribution < -0.4 is 10.1 Å². The fraction of sp³-hybridized carbons (Fsp3) is 0.182. The van der Waals surface area contributed by atoms with Crippen LogP contribution in [0.2, 0.25) is 0 Å². The lowest BCUT2D eigenvalue weighted by atomic mass is 9.99. The Bertz CT molecular complexity index is 1110. The van der Waals surface area contributed by atoms with Crippen molar-refractivity contribution >= 4 is 28.1 Å². The Morgan fingerprint density at radius 3 is 2.83 bits per heavy atom. The zero-order chi connectivity index (χ0) is 20.4. The largest absolute Gasteiger partial charge is 0.493 e. The molecule has 1 amide bonds. The van der Waals surface area contributed by atoms with Crippen molar-refractivity contribution in [1.82, 2.24) is 4.98 Å². The molecule has 3 aromatic rings. The third-order valence-electron chi connectivity index (χ3n) is 4.68. The summed E-state index contributed by atoms with van der Waals surface area (Å²) in [6.45, 7) is 0.295. The molecule has 0 spiro atoms. The number of pyridine rings is 1. The number of anilines is 1. The molecule has 2 aromatic carbocycles. The maximum Gasteiger partial charge on any atom is 0.416 e. The number of rotatable bonds is 2. The van der Waals surface area contributed by atoms with Gasteiger partial charge in [-0.1, -0.05) is 18.2 Å². The van der Waals surface area contributed by atoms with Gasteiger partial charge in [0.25, 0.3) is 0 Å². The molecule has 148 valence electrons. The van der Waals surface area contributed by atoms with E-state index < -0.39 is 11.7 Å². The standard InChI is InChI=1S/C22H17F3N2O2/c23-22(24,25)16-6-8-18-15(4-2-10-29-20(18)12-16)11-21(28)27-17-7-5-14-3-1-9-26-19(14)13-17/h1,3,5-9,11-13H,2,4,10H2,(H,27,28). The Morgan fingerprint density at radius 2 is 2.00 bits per heavy atom. The number of halogens is 3. The molecule has 0 atom stereocenters. The predicted octanol–water partition coefficient (Wildman–Crippen LogP) is 5.45. The average molecular weight is 398 g/mol. The molecule has 1 aromatic heterocycles. The number of alkyl halides is 3. The van der Waals surface area contributed by atoms with Gasteiger partial charge in [-0.05, 0) is 48.7 Å². The summed E-state index contributed by atoms with van der Waals surface area (Å²) >= 11 is 0. The smallest absolute Gasteiger partial charge is 0.416 e. The first-order valence-corrected chi connectivity index (χ1v) is 9.11. The Morgan fingerprint density at radius 1 is 1.14 bits per heavy atom. The number of carbonyl (C=O) groups excluding carboxylic acids is 1. The van der Waals surface area contributed by atoms with Crippen LogP contribution in [0.4, 0.5) is 18.9 Å². The van der Waals surface area contributed by atoms with Gasteiger partial charge in [-0.15, -0.1) is 0 Å². The van der Waals surface area contributed by atoms with Gasteiger partial charge in [0.1, 0.15) is 5.75 Å². The van der Waals surface area contributed by atoms with Crippen molar-refractivity contribution < 1.29 is 22.7 Å². The number of nitrogens with one attached hydrogen (secondary N) is 1. The van der Waals surface area contributed by atoms with Crippen molar-refractivity contribution in [2.24, 2.45) is 0 Å². The molecule has 1 N–H and O–H groups in total. The summed E-state index contributed by atoms with van der Waals surface area (Å²) in [4.78, 5) is 16.8. The lowest BCUT2D eigenvalue weighted by molar-refractivity contribution is -0.137. The first-order chi connectivity index (χ1) is 13.9. The van der Waals surface area contributed by atoms with E-state index in [1.54, 1.807) is 18.3 Å². The van der Waals surface area contributed by atoms with E-state index in [2.05, 4.69) is 10.3 Å². The van der Waals surface area contributed by atoms with Crippen LogP contribution in [-0.4, -0.2) is 17.5 Å². The second-order valence-electron chi connectivity index (χ2n) is 6.73. The summed E-state index contributed by atoms with van der Waals surface area (Å²) in [5.74, 6) is -0.214. The predicted molar refractivity (Wildman–Crippen MR) is 105 cm³/mol. The molecular weight excluding hydrogens is 381 g/mol. The van der Waals surface area contributed by atoms with Gasteiger partial charge in [-0.2, -0.15) is 13.2 Å². The minimum Gasteiger partial charge on any atom is -0.493 e. The minimum absolute atomic E-state index is 0.145. The van der Waals surface area contributed by atoms with E-state index in [0.717, 1.165) is 23.0 Å². The highest BCUT2D eigenvalue weighted by atomic mass is 19.4. The van der Waals surface area contributed by atoms with E-state index in [0.29, 0.717) is 36.3 Å². The zero-order valence-corrected chi connectivity index (χ0v) is 15.3. The van der Waals surface area contributed by atoms with Crippen molar-refractivity contribution in [3.8, 4) is 5.75 Å². The summed E-state index contributed by atoms with van der Waals surface area (Å²) in [6, 6.07) is 12.5. The summed E-state index contributed by atoms with van der Waals surface area (Å²) in [6.07, 6.45) is -0.215. The zero-order valence-electron chi connectivity index (χ0n) is 15.3. The average Bonchev–Trinajstić information content (AvgIpc) is 2.89. The number of hydrogen-bond acceptors (Lipinski definition) is 3. The molecule has 0 unspecified atom stereocenters. The molecule has 0 fully saturated rings. The third kappa shape index (κ3) is 4.23. The second-order valence-corrected chi connectivity index (χ2v) is 6.73. The van der Waals surface area contributed by atoms with Gasteiger partial charge in [-0.25, -0.2) is 0 Å². The summed E-state index contributed by atoms with van der Waals surface area (Å²) in [7, 11) is 0. The molecule has 4 nitrogen and oxygen atoms in total. The fourth-order valence-corrected chi connectivity index (χ4v) is 3.29. The first kappa shape index (κ1) is 19.0. The first-order valence-electron chi connectivity index (χ1n) is 9.11. The Kier molecular flexibility index (Phi) is 4.96. The Hall–Kier alpha value is -3.35. The monoisotopic (exact) mass is 398 g/mol. The molecule has 0 saturated heterocycles. The number of benzene rings is 2.